The Kier molecular flexibility index (Phi) is 4.58. The summed E-state index contributed by atoms with van der Waals surface area (Å²) < 4.78 is 34.6. The number of ether oxygens (including phenoxy) is 2. The fourth-order valence-electron chi connectivity index (χ4n) is 3.99. The van der Waals surface area contributed by atoms with Crippen LogP contribution in [0.3, 0.4) is 0 Å². The maximum absolute atomic E-state index is 12.3. The second-order valence-corrected chi connectivity index (χ2v) is 6.92. The molecule has 4 atom stereocenters. The predicted octanol–water partition coefficient (Wildman–Crippen LogP) is 2.72. The number of fused-ring (bicyclic) bond motifs is 1. The molecule has 3 rings (SSSR count). The highest BCUT2D eigenvalue weighted by atomic mass is 19.3. The standard InChI is InChI=1S/C17H23F2NO3/c1-17(2)14(12-6-7-22-15(12)17)20-9-13(21)10-4-3-5-11(8-10)23-16(18)19/h3-5,8,12-16,20-21H,6-7,9H2,1-2H3. The lowest BCUT2D eigenvalue weighted by Gasteiger charge is -2.55. The van der Waals surface area contributed by atoms with E-state index < -0.39 is 12.7 Å². The Labute approximate surface area is 134 Å². The molecule has 1 saturated heterocycles. The molecular formula is C17H23F2NO3. The first-order valence-electron chi connectivity index (χ1n) is 7.97. The molecule has 2 fully saturated rings. The van der Waals surface area contributed by atoms with E-state index in [1.54, 1.807) is 12.1 Å². The van der Waals surface area contributed by atoms with Crippen molar-refractivity contribution in [2.75, 3.05) is 13.2 Å². The third-order valence-corrected chi connectivity index (χ3v) is 5.10. The molecule has 0 bridgehead atoms. The summed E-state index contributed by atoms with van der Waals surface area (Å²) in [6, 6.07) is 6.50. The number of hydrogen-bond acceptors (Lipinski definition) is 4. The molecule has 1 aromatic rings. The molecule has 1 aromatic carbocycles. The largest absolute Gasteiger partial charge is 0.435 e. The molecule has 128 valence electrons. The molecule has 0 spiro atoms. The number of rotatable bonds is 6. The quantitative estimate of drug-likeness (QED) is 0.843. The van der Waals surface area contributed by atoms with Crippen molar-refractivity contribution < 1.29 is 23.4 Å². The summed E-state index contributed by atoms with van der Waals surface area (Å²) in [7, 11) is 0. The van der Waals surface area contributed by atoms with E-state index in [9.17, 15) is 13.9 Å². The number of aliphatic hydroxyl groups excluding tert-OH is 1. The summed E-state index contributed by atoms with van der Waals surface area (Å²) in [6.45, 7) is 2.64. The van der Waals surface area contributed by atoms with Gasteiger partial charge in [-0.2, -0.15) is 8.78 Å². The fourth-order valence-corrected chi connectivity index (χ4v) is 3.99. The van der Waals surface area contributed by atoms with Gasteiger partial charge >= 0.3 is 6.61 Å². The summed E-state index contributed by atoms with van der Waals surface area (Å²) in [5.41, 5.74) is 0.605. The van der Waals surface area contributed by atoms with Crippen LogP contribution in [0.4, 0.5) is 8.78 Å². The minimum Gasteiger partial charge on any atom is -0.435 e. The van der Waals surface area contributed by atoms with E-state index in [0.717, 1.165) is 13.0 Å². The summed E-state index contributed by atoms with van der Waals surface area (Å²) in [5.74, 6) is 0.551. The van der Waals surface area contributed by atoms with Gasteiger partial charge in [-0.05, 0) is 24.1 Å². The van der Waals surface area contributed by atoms with Crippen molar-refractivity contribution in [3.63, 3.8) is 0 Å². The van der Waals surface area contributed by atoms with Crippen molar-refractivity contribution >= 4 is 0 Å². The van der Waals surface area contributed by atoms with Crippen molar-refractivity contribution in [2.24, 2.45) is 11.3 Å². The van der Waals surface area contributed by atoms with Crippen molar-refractivity contribution in [1.82, 2.24) is 5.32 Å². The minimum absolute atomic E-state index is 0.0432. The van der Waals surface area contributed by atoms with E-state index in [2.05, 4.69) is 23.9 Å². The molecule has 0 radical (unpaired) electrons. The molecule has 1 aliphatic carbocycles. The van der Waals surface area contributed by atoms with Crippen molar-refractivity contribution in [3.8, 4) is 5.75 Å². The first-order chi connectivity index (χ1) is 10.9. The van der Waals surface area contributed by atoms with Gasteiger partial charge in [0.2, 0.25) is 0 Å². The molecule has 4 nitrogen and oxygen atoms in total. The summed E-state index contributed by atoms with van der Waals surface area (Å²) in [5, 5.41) is 13.7. The molecule has 4 unspecified atom stereocenters. The lowest BCUT2D eigenvalue weighted by atomic mass is 9.57. The van der Waals surface area contributed by atoms with Crippen molar-refractivity contribution in [1.29, 1.82) is 0 Å². The Morgan fingerprint density at radius 3 is 2.96 bits per heavy atom. The second-order valence-electron chi connectivity index (χ2n) is 6.92. The SMILES string of the molecule is CC1(C)C(NCC(O)c2cccc(OC(F)F)c2)C2CCOC21. The minimum atomic E-state index is -2.87. The molecule has 1 aliphatic heterocycles. The topological polar surface area (TPSA) is 50.7 Å². The lowest BCUT2D eigenvalue weighted by molar-refractivity contribution is -0.114. The summed E-state index contributed by atoms with van der Waals surface area (Å²) in [6.07, 6.45) is 0.563. The Balaban J connectivity index is 1.58. The number of nitrogens with one attached hydrogen (secondary N) is 1. The van der Waals surface area contributed by atoms with Crippen LogP contribution in [-0.4, -0.2) is 37.0 Å². The molecular weight excluding hydrogens is 304 g/mol. The Morgan fingerprint density at radius 1 is 1.43 bits per heavy atom. The summed E-state index contributed by atoms with van der Waals surface area (Å²) in [4.78, 5) is 0. The third-order valence-electron chi connectivity index (χ3n) is 5.10. The highest BCUT2D eigenvalue weighted by Crippen LogP contribution is 2.52. The number of halogens is 2. The third kappa shape index (κ3) is 3.20. The van der Waals surface area contributed by atoms with Crippen LogP contribution in [0.2, 0.25) is 0 Å². The van der Waals surface area contributed by atoms with E-state index in [1.165, 1.54) is 12.1 Å². The first kappa shape index (κ1) is 16.6. The molecule has 2 N–H and O–H groups in total. The van der Waals surface area contributed by atoms with E-state index in [0.29, 0.717) is 30.2 Å². The van der Waals surface area contributed by atoms with Gasteiger partial charge in [-0.25, -0.2) is 0 Å². The van der Waals surface area contributed by atoms with Crippen LogP contribution in [0.15, 0.2) is 24.3 Å². The van der Waals surface area contributed by atoms with Gasteiger partial charge in [-0.3, -0.25) is 0 Å². The number of alkyl halides is 2. The van der Waals surface area contributed by atoms with Gasteiger partial charge < -0.3 is 19.9 Å². The highest BCUT2D eigenvalue weighted by Gasteiger charge is 2.58. The molecule has 6 heteroatoms. The monoisotopic (exact) mass is 327 g/mol. The maximum Gasteiger partial charge on any atom is 0.387 e. The van der Waals surface area contributed by atoms with Crippen LogP contribution in [0.5, 0.6) is 5.75 Å². The highest BCUT2D eigenvalue weighted by molar-refractivity contribution is 5.30. The molecule has 23 heavy (non-hydrogen) atoms. The average molecular weight is 327 g/mol. The first-order valence-corrected chi connectivity index (χ1v) is 7.97. The van der Waals surface area contributed by atoms with E-state index >= 15 is 0 Å². The van der Waals surface area contributed by atoms with Gasteiger partial charge in [0.05, 0.1) is 12.2 Å². The fraction of sp³-hybridized carbons (Fsp3) is 0.647. The van der Waals surface area contributed by atoms with Gasteiger partial charge in [-0.15, -0.1) is 0 Å². The zero-order valence-electron chi connectivity index (χ0n) is 13.3. The molecule has 1 saturated carbocycles. The van der Waals surface area contributed by atoms with Gasteiger partial charge in [0.25, 0.3) is 0 Å². The average Bonchev–Trinajstić information content (AvgIpc) is 2.93. The Morgan fingerprint density at radius 2 is 2.22 bits per heavy atom. The van der Waals surface area contributed by atoms with Crippen LogP contribution in [-0.2, 0) is 4.74 Å². The van der Waals surface area contributed by atoms with Crippen LogP contribution in [0.25, 0.3) is 0 Å². The van der Waals surface area contributed by atoms with Crippen molar-refractivity contribution in [2.45, 2.75) is 45.1 Å². The lowest BCUT2D eigenvalue weighted by Crippen LogP contribution is -2.66. The van der Waals surface area contributed by atoms with Gasteiger partial charge in [0.15, 0.2) is 0 Å². The molecule has 0 amide bonds. The van der Waals surface area contributed by atoms with Gasteiger partial charge in [0, 0.05) is 30.5 Å². The smallest absolute Gasteiger partial charge is 0.387 e. The number of hydrogen-bond donors (Lipinski definition) is 2. The van der Waals surface area contributed by atoms with Crippen LogP contribution < -0.4 is 10.1 Å². The number of aliphatic hydroxyl groups is 1. The molecule has 0 aromatic heterocycles. The normalized spacial score (nSPS) is 29.9. The summed E-state index contributed by atoms with van der Waals surface area (Å²) >= 11 is 0. The van der Waals surface area contributed by atoms with Crippen LogP contribution >= 0.6 is 0 Å². The Bertz CT molecular complexity index is 552. The van der Waals surface area contributed by atoms with Crippen molar-refractivity contribution in [3.05, 3.63) is 29.8 Å². The molecule has 2 aliphatic rings. The van der Waals surface area contributed by atoms with E-state index in [4.69, 9.17) is 4.74 Å². The second kappa shape index (κ2) is 6.34. The maximum atomic E-state index is 12.3. The Hall–Kier alpha value is -1.24. The molecule has 1 heterocycles. The van der Waals surface area contributed by atoms with E-state index in [1.807, 2.05) is 0 Å². The number of benzene rings is 1. The van der Waals surface area contributed by atoms with Gasteiger partial charge in [-0.1, -0.05) is 26.0 Å². The van der Waals surface area contributed by atoms with Crippen LogP contribution in [0.1, 0.15) is 31.9 Å². The van der Waals surface area contributed by atoms with E-state index in [-0.39, 0.29) is 11.2 Å². The zero-order chi connectivity index (χ0) is 16.6. The zero-order valence-corrected chi connectivity index (χ0v) is 13.3. The van der Waals surface area contributed by atoms with Gasteiger partial charge in [0.1, 0.15) is 5.75 Å². The predicted molar refractivity (Wildman–Crippen MR) is 81.5 cm³/mol. The van der Waals surface area contributed by atoms with Crippen LogP contribution in [0, 0.1) is 11.3 Å².